The number of rotatable bonds is 3. The molecule has 7 nitrogen and oxygen atoms in total. The Bertz CT molecular complexity index is 967. The molecule has 0 aromatic carbocycles. The number of aromatic nitrogens is 5. The van der Waals surface area contributed by atoms with E-state index in [4.69, 9.17) is 0 Å². The van der Waals surface area contributed by atoms with Gasteiger partial charge in [0.25, 0.3) is 5.56 Å². The molecule has 3 heterocycles. The van der Waals surface area contributed by atoms with Crippen LogP contribution in [0.4, 0.5) is 0 Å². The molecule has 0 bridgehead atoms. The molecule has 7 heteroatoms. The Morgan fingerprint density at radius 3 is 2.61 bits per heavy atom. The molecule has 23 heavy (non-hydrogen) atoms. The number of nitriles is 1. The maximum atomic E-state index is 12.8. The number of fused-ring (bicyclic) bond motifs is 1. The standard InChI is InChI=1S/C16H18N6O/c1-9(2)13-14(12-5-6-21(20-12)10(3)4)19-15-11(7-17)8-18-22(15)16(13)23/h5-6,8-10,19H,1-4H3. The van der Waals surface area contributed by atoms with Crippen LogP contribution in [-0.4, -0.2) is 24.4 Å². The molecule has 0 atom stereocenters. The van der Waals surface area contributed by atoms with Gasteiger partial charge in [-0.25, -0.2) is 0 Å². The van der Waals surface area contributed by atoms with E-state index in [-0.39, 0.29) is 17.5 Å². The summed E-state index contributed by atoms with van der Waals surface area (Å²) in [6, 6.07) is 4.15. The Morgan fingerprint density at radius 1 is 1.30 bits per heavy atom. The summed E-state index contributed by atoms with van der Waals surface area (Å²) in [5.41, 5.74) is 2.46. The van der Waals surface area contributed by atoms with Crippen molar-refractivity contribution >= 4 is 5.65 Å². The van der Waals surface area contributed by atoms with Gasteiger partial charge < -0.3 is 4.98 Å². The van der Waals surface area contributed by atoms with Gasteiger partial charge in [0, 0.05) is 17.8 Å². The minimum Gasteiger partial charge on any atom is -0.337 e. The van der Waals surface area contributed by atoms with Gasteiger partial charge in [0.1, 0.15) is 17.3 Å². The molecule has 3 aromatic rings. The van der Waals surface area contributed by atoms with Crippen molar-refractivity contribution in [1.29, 1.82) is 5.26 Å². The minimum atomic E-state index is -0.218. The highest BCUT2D eigenvalue weighted by Crippen LogP contribution is 2.25. The smallest absolute Gasteiger partial charge is 0.278 e. The van der Waals surface area contributed by atoms with Crippen LogP contribution in [0.2, 0.25) is 0 Å². The average molecular weight is 310 g/mol. The maximum absolute atomic E-state index is 12.8. The molecule has 3 rings (SSSR count). The third-order valence-electron chi connectivity index (χ3n) is 3.80. The fourth-order valence-electron chi connectivity index (χ4n) is 2.61. The summed E-state index contributed by atoms with van der Waals surface area (Å²) in [5.74, 6) is -0.00270. The monoisotopic (exact) mass is 310 g/mol. The first-order valence-electron chi connectivity index (χ1n) is 7.53. The second-order valence-corrected chi connectivity index (χ2v) is 6.08. The lowest BCUT2D eigenvalue weighted by Crippen LogP contribution is -2.22. The molecule has 0 spiro atoms. The van der Waals surface area contributed by atoms with E-state index in [9.17, 15) is 10.1 Å². The molecular weight excluding hydrogens is 292 g/mol. The summed E-state index contributed by atoms with van der Waals surface area (Å²) in [5, 5.41) is 17.8. The third kappa shape index (κ3) is 2.32. The molecule has 0 aliphatic heterocycles. The Morgan fingerprint density at radius 2 is 2.04 bits per heavy atom. The van der Waals surface area contributed by atoms with Gasteiger partial charge in [-0.3, -0.25) is 9.48 Å². The number of aromatic amines is 1. The Balaban J connectivity index is 2.35. The first-order valence-corrected chi connectivity index (χ1v) is 7.53. The van der Waals surface area contributed by atoms with Crippen LogP contribution in [0.1, 0.15) is 50.8 Å². The normalized spacial score (nSPS) is 11.5. The van der Waals surface area contributed by atoms with E-state index >= 15 is 0 Å². The first kappa shape index (κ1) is 15.0. The molecule has 0 amide bonds. The van der Waals surface area contributed by atoms with Crippen molar-refractivity contribution in [1.82, 2.24) is 24.4 Å². The second-order valence-electron chi connectivity index (χ2n) is 6.08. The SMILES string of the molecule is CC(C)c1c(-c2ccn(C(C)C)n2)[nH]c2c(C#N)cnn2c1=O. The zero-order valence-corrected chi connectivity index (χ0v) is 13.5. The number of nitrogens with zero attached hydrogens (tertiary/aromatic N) is 5. The van der Waals surface area contributed by atoms with Crippen LogP contribution in [0.5, 0.6) is 0 Å². The largest absolute Gasteiger partial charge is 0.337 e. The Labute approximate surface area is 133 Å². The quantitative estimate of drug-likeness (QED) is 0.804. The van der Waals surface area contributed by atoms with Crippen molar-refractivity contribution in [3.63, 3.8) is 0 Å². The summed E-state index contributed by atoms with van der Waals surface area (Å²) < 4.78 is 3.08. The highest BCUT2D eigenvalue weighted by molar-refractivity contribution is 5.65. The lowest BCUT2D eigenvalue weighted by atomic mass is 10.0. The van der Waals surface area contributed by atoms with Crippen LogP contribution in [0.15, 0.2) is 23.3 Å². The fraction of sp³-hybridized carbons (Fsp3) is 0.375. The van der Waals surface area contributed by atoms with Crippen LogP contribution in [0, 0.1) is 11.3 Å². The topological polar surface area (TPSA) is 91.8 Å². The van der Waals surface area contributed by atoms with E-state index in [1.54, 1.807) is 0 Å². The molecule has 3 aromatic heterocycles. The summed E-state index contributed by atoms with van der Waals surface area (Å²) >= 11 is 0. The van der Waals surface area contributed by atoms with E-state index in [1.165, 1.54) is 10.7 Å². The van der Waals surface area contributed by atoms with Gasteiger partial charge in [0.05, 0.1) is 11.9 Å². The van der Waals surface area contributed by atoms with Crippen molar-refractivity contribution in [3.05, 3.63) is 39.9 Å². The van der Waals surface area contributed by atoms with E-state index in [0.29, 0.717) is 28.2 Å². The molecule has 0 saturated carbocycles. The van der Waals surface area contributed by atoms with Gasteiger partial charge in [0.15, 0.2) is 5.65 Å². The lowest BCUT2D eigenvalue weighted by molar-refractivity contribution is 0.533. The van der Waals surface area contributed by atoms with Gasteiger partial charge in [-0.1, -0.05) is 13.8 Å². The first-order chi connectivity index (χ1) is 10.9. The molecule has 0 unspecified atom stereocenters. The van der Waals surface area contributed by atoms with Crippen LogP contribution in [0.25, 0.3) is 17.0 Å². The average Bonchev–Trinajstić information content (AvgIpc) is 3.13. The van der Waals surface area contributed by atoms with Gasteiger partial charge in [-0.05, 0) is 25.8 Å². The van der Waals surface area contributed by atoms with Gasteiger partial charge in [-0.2, -0.15) is 20.0 Å². The van der Waals surface area contributed by atoms with E-state index in [1.807, 2.05) is 50.7 Å². The van der Waals surface area contributed by atoms with Crippen molar-refractivity contribution in [3.8, 4) is 17.5 Å². The minimum absolute atomic E-state index is 0.00270. The highest BCUT2D eigenvalue weighted by atomic mass is 16.1. The van der Waals surface area contributed by atoms with Crippen molar-refractivity contribution in [2.24, 2.45) is 0 Å². The molecule has 0 radical (unpaired) electrons. The predicted molar refractivity (Wildman–Crippen MR) is 86.2 cm³/mol. The van der Waals surface area contributed by atoms with Crippen LogP contribution < -0.4 is 5.56 Å². The summed E-state index contributed by atoms with van der Waals surface area (Å²) in [6.45, 7) is 7.98. The highest BCUT2D eigenvalue weighted by Gasteiger charge is 2.20. The van der Waals surface area contributed by atoms with E-state index in [2.05, 4.69) is 15.2 Å². The van der Waals surface area contributed by atoms with Crippen LogP contribution in [-0.2, 0) is 0 Å². The number of H-pyrrole nitrogens is 1. The number of hydrogen-bond donors (Lipinski definition) is 1. The number of hydrogen-bond acceptors (Lipinski definition) is 4. The van der Waals surface area contributed by atoms with Crippen molar-refractivity contribution in [2.75, 3.05) is 0 Å². The molecule has 0 fully saturated rings. The van der Waals surface area contributed by atoms with Gasteiger partial charge in [0.2, 0.25) is 0 Å². The maximum Gasteiger partial charge on any atom is 0.278 e. The van der Waals surface area contributed by atoms with Crippen LogP contribution >= 0.6 is 0 Å². The number of nitrogens with one attached hydrogen (secondary N) is 1. The van der Waals surface area contributed by atoms with E-state index in [0.717, 1.165) is 0 Å². The zero-order valence-electron chi connectivity index (χ0n) is 13.5. The van der Waals surface area contributed by atoms with Crippen molar-refractivity contribution in [2.45, 2.75) is 39.7 Å². The fourth-order valence-corrected chi connectivity index (χ4v) is 2.61. The van der Waals surface area contributed by atoms with E-state index < -0.39 is 0 Å². The summed E-state index contributed by atoms with van der Waals surface area (Å²) in [7, 11) is 0. The summed E-state index contributed by atoms with van der Waals surface area (Å²) in [6.07, 6.45) is 3.28. The molecule has 118 valence electrons. The Kier molecular flexibility index (Phi) is 3.52. The molecule has 0 aliphatic carbocycles. The van der Waals surface area contributed by atoms with Gasteiger partial charge in [-0.15, -0.1) is 0 Å². The Hall–Kier alpha value is -2.88. The molecular formula is C16H18N6O. The molecule has 0 aliphatic rings. The van der Waals surface area contributed by atoms with Crippen LogP contribution in [0.3, 0.4) is 0 Å². The predicted octanol–water partition coefficient (Wildman–Crippen LogP) is 2.46. The second kappa shape index (κ2) is 5.39. The van der Waals surface area contributed by atoms with Gasteiger partial charge >= 0.3 is 0 Å². The summed E-state index contributed by atoms with van der Waals surface area (Å²) in [4.78, 5) is 16.0. The van der Waals surface area contributed by atoms with Crippen molar-refractivity contribution < 1.29 is 0 Å². The molecule has 0 saturated heterocycles. The zero-order chi connectivity index (χ0) is 16.7. The molecule has 1 N–H and O–H groups in total. The lowest BCUT2D eigenvalue weighted by Gasteiger charge is -2.11. The third-order valence-corrected chi connectivity index (χ3v) is 3.80.